The number of benzene rings is 2. The van der Waals surface area contributed by atoms with Gasteiger partial charge in [0.2, 0.25) is 0 Å². The summed E-state index contributed by atoms with van der Waals surface area (Å²) in [5, 5.41) is 0. The van der Waals surface area contributed by atoms with Gasteiger partial charge in [-0.3, -0.25) is 0 Å². The van der Waals surface area contributed by atoms with Gasteiger partial charge in [-0.25, -0.2) is 8.42 Å². The maximum atomic E-state index is 12.5. The van der Waals surface area contributed by atoms with E-state index in [9.17, 15) is 8.42 Å². The molecular weight excluding hydrogens is 296 g/mol. The van der Waals surface area contributed by atoms with E-state index in [2.05, 4.69) is 4.72 Å². The van der Waals surface area contributed by atoms with Crippen molar-refractivity contribution in [2.45, 2.75) is 11.8 Å². The predicted molar refractivity (Wildman–Crippen MR) is 87.2 cm³/mol. The van der Waals surface area contributed by atoms with Crippen molar-refractivity contribution in [2.75, 3.05) is 0 Å². The fraction of sp³-hybridized carbons (Fsp3) is 0.0588. The second-order valence-electron chi connectivity index (χ2n) is 4.96. The molecule has 1 aromatic heterocycles. The molecule has 112 valence electrons. The fourth-order valence-corrected chi connectivity index (χ4v) is 3.15. The number of aryl methyl sites for hydroxylation is 1. The lowest BCUT2D eigenvalue weighted by molar-refractivity contribution is 0.603. The highest BCUT2D eigenvalue weighted by atomic mass is 32.2. The van der Waals surface area contributed by atoms with E-state index in [-0.39, 0.29) is 4.90 Å². The Morgan fingerprint density at radius 2 is 1.50 bits per heavy atom. The first-order valence-electron chi connectivity index (χ1n) is 6.83. The quantitative estimate of drug-likeness (QED) is 0.725. The number of nitrogens with zero attached hydrogens (tertiary/aromatic N) is 2. The van der Waals surface area contributed by atoms with Crippen molar-refractivity contribution in [1.82, 2.24) is 4.57 Å². The van der Waals surface area contributed by atoms with Gasteiger partial charge in [-0.1, -0.05) is 35.9 Å². The van der Waals surface area contributed by atoms with Crippen LogP contribution in [0.4, 0.5) is 5.69 Å². The van der Waals surface area contributed by atoms with E-state index in [1.54, 1.807) is 36.4 Å². The summed E-state index contributed by atoms with van der Waals surface area (Å²) in [6.45, 7) is 1.91. The minimum Gasteiger partial charge on any atom is -0.571 e. The molecule has 3 rings (SSSR count). The molecule has 0 spiro atoms. The van der Waals surface area contributed by atoms with Crippen LogP contribution in [0.5, 0.6) is 0 Å². The Labute approximate surface area is 130 Å². The second kappa shape index (κ2) is 5.69. The standard InChI is InChI=1S/C17H15N2O2S/c1-14-8-10-15(11-9-14)22(20,21)18-16-6-2-3-7-17(16)19-12-4-5-13-19/h2-13H,1H3/q-1. The molecule has 0 amide bonds. The summed E-state index contributed by atoms with van der Waals surface area (Å²) < 4.78 is 30.8. The maximum Gasteiger partial charge on any atom is 0.123 e. The minimum atomic E-state index is -3.73. The Bertz CT molecular complexity index is 867. The topological polar surface area (TPSA) is 53.2 Å². The molecule has 0 aliphatic rings. The zero-order valence-electron chi connectivity index (χ0n) is 12.0. The molecular formula is C17H15N2O2S-. The first-order valence-corrected chi connectivity index (χ1v) is 8.27. The first kappa shape index (κ1) is 14.4. The van der Waals surface area contributed by atoms with Crippen molar-refractivity contribution in [3.05, 3.63) is 83.3 Å². The lowest BCUT2D eigenvalue weighted by Gasteiger charge is -2.25. The summed E-state index contributed by atoms with van der Waals surface area (Å²) in [5.41, 5.74) is 2.15. The van der Waals surface area contributed by atoms with E-state index in [0.717, 1.165) is 11.3 Å². The Balaban J connectivity index is 1.98. The van der Waals surface area contributed by atoms with Gasteiger partial charge in [0.25, 0.3) is 0 Å². The number of sulfonamides is 1. The number of hydrogen-bond acceptors (Lipinski definition) is 2. The average Bonchev–Trinajstić information content (AvgIpc) is 3.02. The van der Waals surface area contributed by atoms with Gasteiger partial charge in [0.1, 0.15) is 10.0 Å². The second-order valence-corrected chi connectivity index (χ2v) is 6.56. The number of aromatic nitrogens is 1. The molecule has 0 saturated carbocycles. The van der Waals surface area contributed by atoms with E-state index in [1.807, 2.05) is 48.1 Å². The van der Waals surface area contributed by atoms with Crippen LogP contribution in [0, 0.1) is 6.92 Å². The van der Waals surface area contributed by atoms with Crippen LogP contribution in [0.15, 0.2) is 78.0 Å². The summed E-state index contributed by atoms with van der Waals surface area (Å²) >= 11 is 0. The van der Waals surface area contributed by atoms with Crippen LogP contribution in [0.3, 0.4) is 0 Å². The SMILES string of the molecule is Cc1ccc(S(=O)(=O)[N-]c2ccccc2-n2cccc2)cc1. The Morgan fingerprint density at radius 3 is 2.18 bits per heavy atom. The molecule has 0 unspecified atom stereocenters. The summed E-state index contributed by atoms with van der Waals surface area (Å²) in [6, 6.07) is 17.6. The predicted octanol–water partition coefficient (Wildman–Crippen LogP) is 4.18. The van der Waals surface area contributed by atoms with E-state index in [0.29, 0.717) is 5.69 Å². The highest BCUT2D eigenvalue weighted by Gasteiger charge is 2.06. The van der Waals surface area contributed by atoms with Gasteiger partial charge in [0.15, 0.2) is 0 Å². The number of hydrogen-bond donors (Lipinski definition) is 0. The third kappa shape index (κ3) is 2.89. The summed E-state index contributed by atoms with van der Waals surface area (Å²) in [4.78, 5) is 0.195. The molecule has 0 radical (unpaired) electrons. The van der Waals surface area contributed by atoms with Gasteiger partial charge in [0, 0.05) is 18.1 Å². The molecule has 0 atom stereocenters. The molecule has 0 bridgehead atoms. The summed E-state index contributed by atoms with van der Waals surface area (Å²) in [7, 11) is -3.73. The van der Waals surface area contributed by atoms with Crippen molar-refractivity contribution < 1.29 is 8.42 Å². The van der Waals surface area contributed by atoms with Crippen LogP contribution < -0.4 is 0 Å². The zero-order valence-corrected chi connectivity index (χ0v) is 12.9. The molecule has 4 nitrogen and oxygen atoms in total. The molecule has 0 saturated heterocycles. The van der Waals surface area contributed by atoms with Crippen LogP contribution in [0.2, 0.25) is 0 Å². The van der Waals surface area contributed by atoms with Crippen LogP contribution in [0.1, 0.15) is 5.56 Å². The highest BCUT2D eigenvalue weighted by molar-refractivity contribution is 7.94. The Kier molecular flexibility index (Phi) is 3.73. The molecule has 0 aliphatic carbocycles. The molecule has 0 fully saturated rings. The van der Waals surface area contributed by atoms with Crippen molar-refractivity contribution in [1.29, 1.82) is 0 Å². The van der Waals surface area contributed by atoms with Crippen LogP contribution in [0.25, 0.3) is 10.4 Å². The molecule has 0 N–H and O–H groups in total. The van der Waals surface area contributed by atoms with Gasteiger partial charge in [0.05, 0.1) is 4.90 Å². The highest BCUT2D eigenvalue weighted by Crippen LogP contribution is 2.33. The van der Waals surface area contributed by atoms with Gasteiger partial charge < -0.3 is 9.29 Å². The normalized spacial score (nSPS) is 11.3. The maximum absolute atomic E-state index is 12.5. The molecule has 5 heteroatoms. The Hall–Kier alpha value is -2.53. The summed E-state index contributed by atoms with van der Waals surface area (Å²) in [5.74, 6) is 0. The minimum absolute atomic E-state index is 0.195. The lowest BCUT2D eigenvalue weighted by Crippen LogP contribution is -1.99. The van der Waals surface area contributed by atoms with Crippen molar-refractivity contribution in [3.63, 3.8) is 0 Å². The molecule has 2 aromatic carbocycles. The molecule has 0 aliphatic heterocycles. The van der Waals surface area contributed by atoms with Crippen molar-refractivity contribution in [2.24, 2.45) is 0 Å². The van der Waals surface area contributed by atoms with Gasteiger partial charge in [-0.15, -0.1) is 5.69 Å². The zero-order chi connectivity index (χ0) is 15.6. The molecule has 3 aromatic rings. The van der Waals surface area contributed by atoms with E-state index in [4.69, 9.17) is 0 Å². The largest absolute Gasteiger partial charge is 0.571 e. The third-order valence-electron chi connectivity index (χ3n) is 3.30. The number of para-hydroxylation sites is 1. The van der Waals surface area contributed by atoms with Crippen molar-refractivity contribution >= 4 is 15.7 Å². The summed E-state index contributed by atoms with van der Waals surface area (Å²) in [6.07, 6.45) is 3.71. The third-order valence-corrected chi connectivity index (χ3v) is 4.61. The fourth-order valence-electron chi connectivity index (χ4n) is 2.15. The van der Waals surface area contributed by atoms with E-state index >= 15 is 0 Å². The molecule has 1 heterocycles. The average molecular weight is 311 g/mol. The van der Waals surface area contributed by atoms with Crippen molar-refractivity contribution in [3.8, 4) is 5.69 Å². The smallest absolute Gasteiger partial charge is 0.123 e. The van der Waals surface area contributed by atoms with E-state index < -0.39 is 10.0 Å². The first-order chi connectivity index (χ1) is 10.6. The van der Waals surface area contributed by atoms with Gasteiger partial charge in [-0.2, -0.15) is 0 Å². The number of rotatable bonds is 4. The van der Waals surface area contributed by atoms with Gasteiger partial charge in [-0.05, 0) is 37.3 Å². The van der Waals surface area contributed by atoms with Crippen LogP contribution in [-0.2, 0) is 10.0 Å². The molecule has 22 heavy (non-hydrogen) atoms. The van der Waals surface area contributed by atoms with Crippen LogP contribution >= 0.6 is 0 Å². The lowest BCUT2D eigenvalue weighted by atomic mass is 10.2. The van der Waals surface area contributed by atoms with Crippen LogP contribution in [-0.4, -0.2) is 13.0 Å². The monoisotopic (exact) mass is 311 g/mol. The van der Waals surface area contributed by atoms with E-state index in [1.165, 1.54) is 0 Å². The Morgan fingerprint density at radius 1 is 0.864 bits per heavy atom. The van der Waals surface area contributed by atoms with Gasteiger partial charge >= 0.3 is 0 Å².